The molecular formula is C44H79NO8. The fourth-order valence-corrected chi connectivity index (χ4v) is 6.50. The van der Waals surface area contributed by atoms with Crippen LogP contribution < -0.4 is 5.32 Å². The van der Waals surface area contributed by atoms with Crippen LogP contribution in [0.15, 0.2) is 48.6 Å². The molecule has 0 aromatic heterocycles. The summed E-state index contributed by atoms with van der Waals surface area (Å²) in [6.07, 6.45) is 35.5. The number of allylic oxidation sites excluding steroid dienone is 8. The molecular weight excluding hydrogens is 670 g/mol. The zero-order chi connectivity index (χ0) is 38.8. The van der Waals surface area contributed by atoms with E-state index >= 15 is 0 Å². The molecule has 7 unspecified atom stereocenters. The number of rotatable bonds is 34. The lowest BCUT2D eigenvalue weighted by Gasteiger charge is -2.40. The van der Waals surface area contributed by atoms with E-state index in [1.807, 2.05) is 0 Å². The molecule has 0 bridgehead atoms. The molecule has 0 aromatic carbocycles. The van der Waals surface area contributed by atoms with E-state index in [9.17, 15) is 30.3 Å². The highest BCUT2D eigenvalue weighted by atomic mass is 16.7. The van der Waals surface area contributed by atoms with Crippen LogP contribution in [0, 0.1) is 0 Å². The van der Waals surface area contributed by atoms with Crippen molar-refractivity contribution in [1.82, 2.24) is 5.32 Å². The van der Waals surface area contributed by atoms with E-state index in [0.29, 0.717) is 12.8 Å². The predicted octanol–water partition coefficient (Wildman–Crippen LogP) is 8.28. The third-order valence-electron chi connectivity index (χ3n) is 9.95. The fraction of sp³-hybridized carbons (Fsp3) is 0.795. The lowest BCUT2D eigenvalue weighted by molar-refractivity contribution is -0.302. The molecule has 308 valence electrons. The van der Waals surface area contributed by atoms with Gasteiger partial charge >= 0.3 is 0 Å². The minimum Gasteiger partial charge on any atom is -0.394 e. The van der Waals surface area contributed by atoms with Crippen LogP contribution in [0.3, 0.4) is 0 Å². The average molecular weight is 750 g/mol. The van der Waals surface area contributed by atoms with Crippen molar-refractivity contribution in [3.63, 3.8) is 0 Å². The van der Waals surface area contributed by atoms with Gasteiger partial charge < -0.3 is 40.3 Å². The number of nitrogens with one attached hydrogen (secondary N) is 1. The van der Waals surface area contributed by atoms with Gasteiger partial charge in [-0.2, -0.15) is 0 Å². The van der Waals surface area contributed by atoms with Crippen molar-refractivity contribution in [2.24, 2.45) is 0 Å². The van der Waals surface area contributed by atoms with Crippen molar-refractivity contribution < 1.29 is 39.8 Å². The monoisotopic (exact) mass is 750 g/mol. The Balaban J connectivity index is 2.30. The second-order valence-electron chi connectivity index (χ2n) is 14.8. The van der Waals surface area contributed by atoms with Gasteiger partial charge in [0, 0.05) is 6.42 Å². The second kappa shape index (κ2) is 34.6. The van der Waals surface area contributed by atoms with E-state index < -0.39 is 49.5 Å². The van der Waals surface area contributed by atoms with Crippen molar-refractivity contribution >= 4 is 5.91 Å². The van der Waals surface area contributed by atoms with Gasteiger partial charge in [-0.25, -0.2) is 0 Å². The van der Waals surface area contributed by atoms with Crippen LogP contribution in [0.2, 0.25) is 0 Å². The molecule has 53 heavy (non-hydrogen) atoms. The summed E-state index contributed by atoms with van der Waals surface area (Å²) in [6, 6.07) is -0.722. The molecule has 9 nitrogen and oxygen atoms in total. The Hall–Kier alpha value is -1.85. The van der Waals surface area contributed by atoms with E-state index in [4.69, 9.17) is 9.47 Å². The number of amides is 1. The summed E-state index contributed by atoms with van der Waals surface area (Å²) in [7, 11) is 0. The summed E-state index contributed by atoms with van der Waals surface area (Å²) in [5.74, 6) is -0.158. The number of hydrogen-bond acceptors (Lipinski definition) is 8. The molecule has 1 saturated heterocycles. The Morgan fingerprint density at radius 3 is 1.74 bits per heavy atom. The maximum absolute atomic E-state index is 12.9. The third-order valence-corrected chi connectivity index (χ3v) is 9.95. The molecule has 0 aliphatic carbocycles. The first-order valence-electron chi connectivity index (χ1n) is 21.3. The number of hydrogen-bond donors (Lipinski definition) is 6. The van der Waals surface area contributed by atoms with Crippen LogP contribution in [0.25, 0.3) is 0 Å². The lowest BCUT2D eigenvalue weighted by Crippen LogP contribution is -2.60. The van der Waals surface area contributed by atoms with Gasteiger partial charge in [0.05, 0.1) is 25.4 Å². The topological polar surface area (TPSA) is 149 Å². The molecule has 6 N–H and O–H groups in total. The quantitative estimate of drug-likeness (QED) is 0.0285. The van der Waals surface area contributed by atoms with E-state index in [0.717, 1.165) is 70.6 Å². The SMILES string of the molecule is CC/C=C\C/C=C\C/C=C\C/C=C\CCCCCCCCCCC(=O)NC(COC1OC(CO)C(O)C(O)C1O)C(O)CCCCCCCCCCC. The number of ether oxygens (including phenoxy) is 2. The molecule has 1 fully saturated rings. The molecule has 1 aliphatic rings. The zero-order valence-corrected chi connectivity index (χ0v) is 33.5. The Labute approximate surface area is 323 Å². The number of aliphatic hydroxyl groups is 5. The second-order valence-corrected chi connectivity index (χ2v) is 14.8. The Morgan fingerprint density at radius 2 is 1.17 bits per heavy atom. The Bertz CT molecular complexity index is 967. The van der Waals surface area contributed by atoms with Gasteiger partial charge in [-0.3, -0.25) is 4.79 Å². The first-order chi connectivity index (χ1) is 25.8. The largest absolute Gasteiger partial charge is 0.394 e. The minimum absolute atomic E-state index is 0.144. The Kier molecular flexibility index (Phi) is 32.1. The van der Waals surface area contributed by atoms with Crippen LogP contribution in [0.1, 0.15) is 168 Å². The van der Waals surface area contributed by atoms with Crippen molar-refractivity contribution in [2.45, 2.75) is 211 Å². The standard InChI is InChI=1S/C44H79NO8/c1-3-5-7-9-11-13-14-15-16-17-18-19-20-21-22-23-24-26-28-30-32-34-40(48)45-37(38(47)33-31-29-27-25-12-10-8-6-4-2)36-52-44-43(51)42(50)41(49)39(35-46)53-44/h5,7,11,13,15-16,18-19,37-39,41-44,46-47,49-51H,3-4,6,8-10,12,14,17,20-36H2,1-2H3,(H,45,48)/b7-5-,13-11-,16-15-,19-18-. The molecule has 1 aliphatic heterocycles. The summed E-state index contributed by atoms with van der Waals surface area (Å²) >= 11 is 0. The lowest BCUT2D eigenvalue weighted by atomic mass is 9.99. The highest BCUT2D eigenvalue weighted by molar-refractivity contribution is 5.76. The molecule has 1 amide bonds. The maximum Gasteiger partial charge on any atom is 0.220 e. The van der Waals surface area contributed by atoms with E-state index in [1.165, 1.54) is 70.6 Å². The number of carbonyl (C=O) groups is 1. The van der Waals surface area contributed by atoms with Crippen LogP contribution in [0.4, 0.5) is 0 Å². The highest BCUT2D eigenvalue weighted by Crippen LogP contribution is 2.23. The summed E-state index contributed by atoms with van der Waals surface area (Å²) < 4.78 is 11.2. The normalized spacial score (nSPS) is 22.1. The van der Waals surface area contributed by atoms with Gasteiger partial charge in [0.25, 0.3) is 0 Å². The van der Waals surface area contributed by atoms with Crippen LogP contribution in [-0.2, 0) is 14.3 Å². The number of aliphatic hydroxyl groups excluding tert-OH is 5. The summed E-state index contributed by atoms with van der Waals surface area (Å²) in [6.45, 7) is 3.67. The summed E-state index contributed by atoms with van der Waals surface area (Å²) in [4.78, 5) is 12.9. The van der Waals surface area contributed by atoms with E-state index in [2.05, 4.69) is 67.8 Å². The summed E-state index contributed by atoms with van der Waals surface area (Å²) in [5, 5.41) is 54.1. The van der Waals surface area contributed by atoms with Gasteiger partial charge in [-0.1, -0.05) is 159 Å². The van der Waals surface area contributed by atoms with Crippen LogP contribution in [0.5, 0.6) is 0 Å². The first kappa shape index (κ1) is 49.2. The van der Waals surface area contributed by atoms with Crippen LogP contribution >= 0.6 is 0 Å². The number of unbranched alkanes of at least 4 members (excludes halogenated alkanes) is 16. The van der Waals surface area contributed by atoms with E-state index in [1.54, 1.807) is 0 Å². The predicted molar refractivity (Wildman–Crippen MR) is 216 cm³/mol. The average Bonchev–Trinajstić information content (AvgIpc) is 3.16. The van der Waals surface area contributed by atoms with Gasteiger partial charge in [0.15, 0.2) is 6.29 Å². The molecule has 9 heteroatoms. The third kappa shape index (κ3) is 25.8. The minimum atomic E-state index is -1.55. The zero-order valence-electron chi connectivity index (χ0n) is 33.5. The smallest absolute Gasteiger partial charge is 0.220 e. The molecule has 0 saturated carbocycles. The molecule has 0 spiro atoms. The molecule has 1 heterocycles. The van der Waals surface area contributed by atoms with E-state index in [-0.39, 0.29) is 12.5 Å². The van der Waals surface area contributed by atoms with Gasteiger partial charge in [0.2, 0.25) is 5.91 Å². The fourth-order valence-electron chi connectivity index (χ4n) is 6.50. The molecule has 0 radical (unpaired) electrons. The van der Waals surface area contributed by atoms with Crippen LogP contribution in [-0.4, -0.2) is 87.5 Å². The van der Waals surface area contributed by atoms with Gasteiger partial charge in [-0.15, -0.1) is 0 Å². The Morgan fingerprint density at radius 1 is 0.660 bits per heavy atom. The van der Waals surface area contributed by atoms with Gasteiger partial charge in [0.1, 0.15) is 24.4 Å². The van der Waals surface area contributed by atoms with Gasteiger partial charge in [-0.05, 0) is 51.4 Å². The summed E-state index contributed by atoms with van der Waals surface area (Å²) in [5.41, 5.74) is 0. The van der Waals surface area contributed by atoms with Crippen molar-refractivity contribution in [1.29, 1.82) is 0 Å². The molecule has 7 atom stereocenters. The molecule has 1 rings (SSSR count). The number of carbonyl (C=O) groups excluding carboxylic acids is 1. The maximum atomic E-state index is 12.9. The van der Waals surface area contributed by atoms with Crippen molar-refractivity contribution in [3.8, 4) is 0 Å². The first-order valence-corrected chi connectivity index (χ1v) is 21.3. The van der Waals surface area contributed by atoms with Crippen molar-refractivity contribution in [2.75, 3.05) is 13.2 Å². The van der Waals surface area contributed by atoms with Crippen molar-refractivity contribution in [3.05, 3.63) is 48.6 Å². The highest BCUT2D eigenvalue weighted by Gasteiger charge is 2.44. The molecule has 0 aromatic rings.